The molecule has 0 aliphatic heterocycles. The van der Waals surface area contributed by atoms with Crippen molar-refractivity contribution >= 4 is 0 Å². The minimum atomic E-state index is 0. The van der Waals surface area contributed by atoms with Gasteiger partial charge in [-0.15, -0.1) is 0 Å². The molecule has 186 valence electrons. The van der Waals surface area contributed by atoms with Gasteiger partial charge in [-0.25, -0.2) is 0 Å². The van der Waals surface area contributed by atoms with Gasteiger partial charge in [0.15, 0.2) is 0 Å². The molecule has 0 spiro atoms. The van der Waals surface area contributed by atoms with Gasteiger partial charge in [0.2, 0.25) is 0 Å². The first-order valence-corrected chi connectivity index (χ1v) is 13.1. The predicted octanol–water partition coefficient (Wildman–Crippen LogP) is 7.07. The van der Waals surface area contributed by atoms with Crippen LogP contribution in [-0.4, -0.2) is 73.3 Å². The maximum absolute atomic E-state index is 2.54. The normalized spacial score (nSPS) is 11.8. The molecule has 0 fully saturated rings. The van der Waals surface area contributed by atoms with Crippen LogP contribution in [0.5, 0.6) is 0 Å². The highest BCUT2D eigenvalue weighted by molar-refractivity contribution is 4.50. The first-order valence-electron chi connectivity index (χ1n) is 13.1. The van der Waals surface area contributed by atoms with Crippen LogP contribution >= 0.6 is 0 Å². The van der Waals surface area contributed by atoms with Gasteiger partial charge >= 0.3 is 0 Å². The van der Waals surface area contributed by atoms with Crippen molar-refractivity contribution in [1.29, 1.82) is 0 Å². The molecule has 0 heterocycles. The number of nitrogens with zero attached hydrogens (tertiary/aromatic N) is 2. The van der Waals surface area contributed by atoms with Crippen LogP contribution in [0.25, 0.3) is 0 Å². The Hall–Kier alpha value is -0.160. The summed E-state index contributed by atoms with van der Waals surface area (Å²) in [5.74, 6) is 0. The molecule has 0 atom stereocenters. The third-order valence-corrected chi connectivity index (χ3v) is 6.85. The average molecular weight is 433 g/mol. The fraction of sp³-hybridized carbons (Fsp3) is 1.00. The minimum absolute atomic E-state index is 0. The Kier molecular flexibility index (Phi) is 25.3. The molecule has 2 N–H and O–H groups in total. The Labute approximate surface area is 191 Å². The number of hydrogen-bond acceptors (Lipinski definition) is 2. The van der Waals surface area contributed by atoms with E-state index in [2.05, 4.69) is 41.8 Å². The Morgan fingerprint density at radius 3 is 0.667 bits per heavy atom. The molecule has 0 bridgehead atoms. The van der Waals surface area contributed by atoms with Gasteiger partial charge in [0.25, 0.3) is 0 Å². The van der Waals surface area contributed by atoms with Crippen LogP contribution in [0.3, 0.4) is 0 Å². The van der Waals surface area contributed by atoms with E-state index in [1.54, 1.807) is 0 Å². The first-order chi connectivity index (χ1) is 13.4. The van der Waals surface area contributed by atoms with Crippen LogP contribution in [0.15, 0.2) is 0 Å². The highest BCUT2D eigenvalue weighted by atomic mass is 16.0. The molecule has 4 heteroatoms. The molecular formula is C26H60N2O2. The Bertz CT molecular complexity index is 285. The minimum Gasteiger partial charge on any atom is -0.870 e. The van der Waals surface area contributed by atoms with Gasteiger partial charge in [0, 0.05) is 12.8 Å². The van der Waals surface area contributed by atoms with Crippen LogP contribution in [0.2, 0.25) is 0 Å². The van der Waals surface area contributed by atoms with Gasteiger partial charge in [0.05, 0.1) is 53.4 Å². The van der Waals surface area contributed by atoms with Crippen molar-refractivity contribution in [2.75, 3.05) is 53.4 Å². The smallest absolute Gasteiger partial charge is 0.0786 e. The molecule has 0 aliphatic rings. The van der Waals surface area contributed by atoms with Gasteiger partial charge in [-0.3, -0.25) is 0 Å². The van der Waals surface area contributed by atoms with Crippen LogP contribution < -0.4 is 0 Å². The third kappa shape index (κ3) is 18.6. The highest BCUT2D eigenvalue weighted by Gasteiger charge is 2.23. The second kappa shape index (κ2) is 22.0. The summed E-state index contributed by atoms with van der Waals surface area (Å²) in [6, 6.07) is 0. The van der Waals surface area contributed by atoms with Crippen LogP contribution in [0.4, 0.5) is 0 Å². The molecule has 0 aromatic carbocycles. The Morgan fingerprint density at radius 2 is 0.500 bits per heavy atom. The molecule has 0 saturated heterocycles. The number of rotatable bonds is 21. The lowest BCUT2D eigenvalue weighted by atomic mass is 10.1. The predicted molar refractivity (Wildman–Crippen MR) is 133 cm³/mol. The van der Waals surface area contributed by atoms with Gasteiger partial charge in [-0.1, -0.05) is 53.4 Å². The first kappa shape index (κ1) is 34.5. The fourth-order valence-corrected chi connectivity index (χ4v) is 4.63. The zero-order valence-electron chi connectivity index (χ0n) is 21.9. The summed E-state index contributed by atoms with van der Waals surface area (Å²) < 4.78 is 2.66. The Morgan fingerprint density at radius 1 is 0.333 bits per heavy atom. The lowest BCUT2D eigenvalue weighted by Gasteiger charge is -2.37. The summed E-state index contributed by atoms with van der Waals surface area (Å²) >= 11 is 0. The second-order valence-electron chi connectivity index (χ2n) is 10.1. The topological polar surface area (TPSA) is 60.0 Å². The van der Waals surface area contributed by atoms with E-state index in [0.29, 0.717) is 0 Å². The lowest BCUT2D eigenvalue weighted by molar-refractivity contribution is -0.916. The second-order valence-corrected chi connectivity index (χ2v) is 10.1. The van der Waals surface area contributed by atoms with Crippen molar-refractivity contribution in [3.05, 3.63) is 0 Å². The summed E-state index contributed by atoms with van der Waals surface area (Å²) in [7, 11) is 5.09. The van der Waals surface area contributed by atoms with E-state index in [1.165, 1.54) is 138 Å². The van der Waals surface area contributed by atoms with Crippen molar-refractivity contribution in [2.24, 2.45) is 0 Å². The maximum Gasteiger partial charge on any atom is 0.0786 e. The summed E-state index contributed by atoms with van der Waals surface area (Å²) in [6.07, 6.45) is 19.5. The van der Waals surface area contributed by atoms with E-state index in [9.17, 15) is 0 Å². The SMILES string of the molecule is CCCCC[N+](C)(CCCCC)CCCC[N+](C)(CCCCC)CCCCC.[OH-].[OH-]. The Balaban J connectivity index is -0.00000364. The van der Waals surface area contributed by atoms with E-state index in [0.717, 1.165) is 0 Å². The molecule has 0 aliphatic carbocycles. The van der Waals surface area contributed by atoms with Crippen molar-refractivity contribution in [3.63, 3.8) is 0 Å². The van der Waals surface area contributed by atoms with Gasteiger partial charge < -0.3 is 19.9 Å². The molecule has 4 nitrogen and oxygen atoms in total. The van der Waals surface area contributed by atoms with Crippen molar-refractivity contribution in [2.45, 2.75) is 118 Å². The molecule has 0 unspecified atom stereocenters. The third-order valence-electron chi connectivity index (χ3n) is 6.85. The zero-order valence-corrected chi connectivity index (χ0v) is 21.9. The van der Waals surface area contributed by atoms with Gasteiger partial charge in [0.1, 0.15) is 0 Å². The lowest BCUT2D eigenvalue weighted by Crippen LogP contribution is -2.48. The van der Waals surface area contributed by atoms with Crippen molar-refractivity contribution in [1.82, 2.24) is 0 Å². The van der Waals surface area contributed by atoms with Crippen LogP contribution in [-0.2, 0) is 0 Å². The van der Waals surface area contributed by atoms with Crippen LogP contribution in [0.1, 0.15) is 118 Å². The summed E-state index contributed by atoms with van der Waals surface area (Å²) in [4.78, 5) is 0. The van der Waals surface area contributed by atoms with E-state index < -0.39 is 0 Å². The van der Waals surface area contributed by atoms with Crippen LogP contribution in [0, 0.1) is 0 Å². The van der Waals surface area contributed by atoms with Gasteiger partial charge in [-0.05, 0) is 51.4 Å². The zero-order chi connectivity index (χ0) is 21.1. The molecule has 0 saturated carbocycles. The van der Waals surface area contributed by atoms with Crippen molar-refractivity contribution < 1.29 is 19.9 Å². The number of quaternary nitrogens is 2. The summed E-state index contributed by atoms with van der Waals surface area (Å²) in [6.45, 7) is 17.7. The molecule has 0 aromatic heterocycles. The molecule has 0 aromatic rings. The highest BCUT2D eigenvalue weighted by Crippen LogP contribution is 2.16. The quantitative estimate of drug-likeness (QED) is 0.144. The number of hydrogen-bond donors (Lipinski definition) is 0. The maximum atomic E-state index is 2.54. The average Bonchev–Trinajstić information content (AvgIpc) is 2.66. The summed E-state index contributed by atoms with van der Waals surface area (Å²) in [5.41, 5.74) is 0. The molecule has 0 radical (unpaired) electrons. The van der Waals surface area contributed by atoms with Crippen molar-refractivity contribution in [3.8, 4) is 0 Å². The molecule has 30 heavy (non-hydrogen) atoms. The molecular weight excluding hydrogens is 372 g/mol. The molecule has 0 amide bonds. The standard InChI is InChI=1S/C26H58N2.2H2O/c1-7-11-15-21-27(5,22-16-12-8-2)25-19-20-26-28(6,23-17-13-9-3)24-18-14-10-4;;/h7-26H2,1-6H3;2*1H2/q+2;;/p-2. The van der Waals surface area contributed by atoms with Gasteiger partial charge in [-0.2, -0.15) is 0 Å². The molecule has 0 rings (SSSR count). The number of unbranched alkanes of at least 4 members (excludes halogenated alkanes) is 9. The van der Waals surface area contributed by atoms with E-state index in [-0.39, 0.29) is 11.0 Å². The summed E-state index contributed by atoms with van der Waals surface area (Å²) in [5, 5.41) is 0. The van der Waals surface area contributed by atoms with E-state index in [1.807, 2.05) is 0 Å². The fourth-order valence-electron chi connectivity index (χ4n) is 4.63. The largest absolute Gasteiger partial charge is 0.870 e. The monoisotopic (exact) mass is 432 g/mol. The van der Waals surface area contributed by atoms with E-state index in [4.69, 9.17) is 0 Å². The van der Waals surface area contributed by atoms with E-state index >= 15 is 0 Å².